The van der Waals surface area contributed by atoms with Crippen molar-refractivity contribution < 1.29 is 28.6 Å². The third-order valence-corrected chi connectivity index (χ3v) is 9.27. The van der Waals surface area contributed by atoms with Crippen molar-refractivity contribution in [2.45, 2.75) is 232 Å². The topological polar surface area (TPSA) is 78.9 Å². The van der Waals surface area contributed by atoms with Crippen molar-refractivity contribution in [3.05, 3.63) is 12.2 Å². The lowest BCUT2D eigenvalue weighted by Gasteiger charge is -2.18. The zero-order valence-electron chi connectivity index (χ0n) is 32.7. The van der Waals surface area contributed by atoms with Gasteiger partial charge in [0.1, 0.15) is 13.2 Å². The van der Waals surface area contributed by atoms with Crippen LogP contribution in [0.25, 0.3) is 0 Å². The van der Waals surface area contributed by atoms with Gasteiger partial charge in [0.15, 0.2) is 6.10 Å². The number of allylic oxidation sites excluding steroid dienone is 2. The maximum absolute atomic E-state index is 12.6. The van der Waals surface area contributed by atoms with Crippen LogP contribution in [0.3, 0.4) is 0 Å². The van der Waals surface area contributed by atoms with Crippen molar-refractivity contribution in [2.24, 2.45) is 0 Å². The van der Waals surface area contributed by atoms with Gasteiger partial charge in [-0.2, -0.15) is 0 Å². The molecule has 0 saturated carbocycles. The van der Waals surface area contributed by atoms with E-state index in [0.717, 1.165) is 70.6 Å². The van der Waals surface area contributed by atoms with E-state index in [0.29, 0.717) is 19.3 Å². The number of hydrogen-bond donors (Lipinski definition) is 0. The molecule has 0 fully saturated rings. The predicted octanol–water partition coefficient (Wildman–Crippen LogP) is 13.1. The van der Waals surface area contributed by atoms with E-state index in [1.807, 2.05) is 0 Å². The van der Waals surface area contributed by atoms with Gasteiger partial charge in [-0.1, -0.05) is 174 Å². The molecular weight excluding hydrogens is 612 g/mol. The Morgan fingerprint density at radius 1 is 0.388 bits per heavy atom. The van der Waals surface area contributed by atoms with Crippen LogP contribution in [0.2, 0.25) is 0 Å². The van der Waals surface area contributed by atoms with Gasteiger partial charge in [0.05, 0.1) is 0 Å². The molecule has 0 aromatic heterocycles. The van der Waals surface area contributed by atoms with Gasteiger partial charge in [-0.05, 0) is 44.9 Å². The fourth-order valence-corrected chi connectivity index (χ4v) is 6.02. The minimum atomic E-state index is -0.762. The van der Waals surface area contributed by atoms with Crippen LogP contribution in [-0.4, -0.2) is 37.2 Å². The first-order chi connectivity index (χ1) is 24.0. The molecule has 6 nitrogen and oxygen atoms in total. The Balaban J connectivity index is 4.24. The van der Waals surface area contributed by atoms with E-state index in [-0.39, 0.29) is 31.1 Å². The third-order valence-electron chi connectivity index (χ3n) is 9.27. The Hall–Kier alpha value is -1.85. The van der Waals surface area contributed by atoms with Crippen LogP contribution in [0.1, 0.15) is 226 Å². The fourth-order valence-electron chi connectivity index (χ4n) is 6.02. The van der Waals surface area contributed by atoms with Crippen LogP contribution in [0, 0.1) is 0 Å². The minimum absolute atomic E-state index is 0.0709. The molecule has 1 atom stereocenters. The summed E-state index contributed by atoms with van der Waals surface area (Å²) < 4.78 is 16.5. The summed E-state index contributed by atoms with van der Waals surface area (Å²) in [6, 6.07) is 0. The molecule has 1 unspecified atom stereocenters. The molecule has 0 amide bonds. The molecule has 0 spiro atoms. The molecule has 0 N–H and O–H groups in total. The molecule has 0 bridgehead atoms. The summed E-state index contributed by atoms with van der Waals surface area (Å²) in [7, 11) is 0. The SMILES string of the molecule is CCCCCCC/C=C\CCCCCCCC(=O)OCC(COC(=O)CCCCCCC)OC(=O)CCCCCCCCCCCCCC. The first-order valence-electron chi connectivity index (χ1n) is 21.2. The standard InChI is InChI=1S/C43H80O6/c1-4-7-10-13-15-17-19-21-22-24-25-27-30-33-36-42(45)48-39-40(38-47-41(44)35-32-29-12-9-6-3)49-43(46)37-34-31-28-26-23-20-18-16-14-11-8-5-2/h19,21,40H,4-18,20,22-39H2,1-3H3/b21-19-. The number of unbranched alkanes of at least 4 members (excludes halogenated alkanes) is 25. The number of hydrogen-bond acceptors (Lipinski definition) is 6. The molecule has 6 heteroatoms. The molecule has 0 aromatic rings. The molecule has 0 aliphatic rings. The summed E-state index contributed by atoms with van der Waals surface area (Å²) >= 11 is 0. The van der Waals surface area contributed by atoms with Gasteiger partial charge in [0.2, 0.25) is 0 Å². The van der Waals surface area contributed by atoms with Crippen molar-refractivity contribution in [3.63, 3.8) is 0 Å². The number of carbonyl (C=O) groups excluding carboxylic acids is 3. The average molecular weight is 693 g/mol. The van der Waals surface area contributed by atoms with Crippen molar-refractivity contribution in [1.82, 2.24) is 0 Å². The first-order valence-corrected chi connectivity index (χ1v) is 21.2. The Labute approximate surface area is 303 Å². The number of carbonyl (C=O) groups is 3. The maximum Gasteiger partial charge on any atom is 0.306 e. The van der Waals surface area contributed by atoms with E-state index in [2.05, 4.69) is 32.9 Å². The van der Waals surface area contributed by atoms with Crippen LogP contribution in [0.5, 0.6) is 0 Å². The summed E-state index contributed by atoms with van der Waals surface area (Å²) in [4.78, 5) is 37.3. The second-order valence-electron chi connectivity index (χ2n) is 14.3. The minimum Gasteiger partial charge on any atom is -0.462 e. The Morgan fingerprint density at radius 3 is 1.02 bits per heavy atom. The largest absolute Gasteiger partial charge is 0.462 e. The Morgan fingerprint density at radius 2 is 0.673 bits per heavy atom. The summed E-state index contributed by atoms with van der Waals surface area (Å²) in [5, 5.41) is 0. The van der Waals surface area contributed by atoms with Gasteiger partial charge in [0.25, 0.3) is 0 Å². The maximum atomic E-state index is 12.6. The highest BCUT2D eigenvalue weighted by molar-refractivity contribution is 5.71. The Kier molecular flexibility index (Phi) is 37.5. The number of ether oxygens (including phenoxy) is 3. The highest BCUT2D eigenvalue weighted by atomic mass is 16.6. The van der Waals surface area contributed by atoms with Gasteiger partial charge >= 0.3 is 17.9 Å². The van der Waals surface area contributed by atoms with E-state index < -0.39 is 6.10 Å². The van der Waals surface area contributed by atoms with Gasteiger partial charge in [0, 0.05) is 19.3 Å². The van der Waals surface area contributed by atoms with E-state index in [1.165, 1.54) is 116 Å². The number of esters is 3. The van der Waals surface area contributed by atoms with E-state index >= 15 is 0 Å². The molecule has 0 rings (SSSR count). The van der Waals surface area contributed by atoms with Crippen LogP contribution in [0.4, 0.5) is 0 Å². The summed E-state index contributed by atoms with van der Waals surface area (Å²) in [5.41, 5.74) is 0. The normalized spacial score (nSPS) is 12.0. The molecule has 288 valence electrons. The monoisotopic (exact) mass is 693 g/mol. The molecule has 0 radical (unpaired) electrons. The van der Waals surface area contributed by atoms with Gasteiger partial charge < -0.3 is 14.2 Å². The quantitative estimate of drug-likeness (QED) is 0.0277. The molecule has 0 aliphatic carbocycles. The predicted molar refractivity (Wildman–Crippen MR) is 206 cm³/mol. The number of rotatable bonds is 38. The second-order valence-corrected chi connectivity index (χ2v) is 14.3. The van der Waals surface area contributed by atoms with Crippen LogP contribution in [0.15, 0.2) is 12.2 Å². The van der Waals surface area contributed by atoms with E-state index in [1.54, 1.807) is 0 Å². The zero-order chi connectivity index (χ0) is 35.9. The summed E-state index contributed by atoms with van der Waals surface area (Å²) in [5.74, 6) is -0.889. The fraction of sp³-hybridized carbons (Fsp3) is 0.884. The van der Waals surface area contributed by atoms with E-state index in [9.17, 15) is 14.4 Å². The molecule has 0 saturated heterocycles. The highest BCUT2D eigenvalue weighted by Gasteiger charge is 2.19. The van der Waals surface area contributed by atoms with Gasteiger partial charge in [-0.15, -0.1) is 0 Å². The van der Waals surface area contributed by atoms with Crippen LogP contribution < -0.4 is 0 Å². The first kappa shape index (κ1) is 47.1. The molecule has 49 heavy (non-hydrogen) atoms. The lowest BCUT2D eigenvalue weighted by Crippen LogP contribution is -2.30. The third kappa shape index (κ3) is 37.2. The molecule has 0 heterocycles. The molecular formula is C43H80O6. The smallest absolute Gasteiger partial charge is 0.306 e. The van der Waals surface area contributed by atoms with Crippen molar-refractivity contribution in [3.8, 4) is 0 Å². The van der Waals surface area contributed by atoms with E-state index in [4.69, 9.17) is 14.2 Å². The van der Waals surface area contributed by atoms with Crippen molar-refractivity contribution in [1.29, 1.82) is 0 Å². The molecule has 0 aromatic carbocycles. The summed E-state index contributed by atoms with van der Waals surface area (Å²) in [6.45, 7) is 6.53. The summed E-state index contributed by atoms with van der Waals surface area (Å²) in [6.07, 6.45) is 39.3. The second kappa shape index (κ2) is 38.9. The Bertz CT molecular complexity index is 763. The lowest BCUT2D eigenvalue weighted by molar-refractivity contribution is -0.167. The van der Waals surface area contributed by atoms with Crippen molar-refractivity contribution >= 4 is 17.9 Å². The molecule has 0 aliphatic heterocycles. The van der Waals surface area contributed by atoms with Crippen molar-refractivity contribution in [2.75, 3.05) is 13.2 Å². The lowest BCUT2D eigenvalue weighted by atomic mass is 10.0. The highest BCUT2D eigenvalue weighted by Crippen LogP contribution is 2.14. The van der Waals surface area contributed by atoms with Crippen LogP contribution in [-0.2, 0) is 28.6 Å². The van der Waals surface area contributed by atoms with Crippen LogP contribution >= 0.6 is 0 Å². The van der Waals surface area contributed by atoms with Gasteiger partial charge in [-0.3, -0.25) is 14.4 Å². The average Bonchev–Trinajstić information content (AvgIpc) is 3.09. The van der Waals surface area contributed by atoms with Gasteiger partial charge in [-0.25, -0.2) is 0 Å². The zero-order valence-corrected chi connectivity index (χ0v) is 32.7.